The number of hydrogen-bond donors (Lipinski definition) is 3. The van der Waals surface area contributed by atoms with Crippen molar-refractivity contribution in [1.29, 1.82) is 0 Å². The summed E-state index contributed by atoms with van der Waals surface area (Å²) in [5.74, 6) is -0.483. The highest BCUT2D eigenvalue weighted by Crippen LogP contribution is 2.64. The van der Waals surface area contributed by atoms with Crippen molar-refractivity contribution in [3.05, 3.63) is 29.8 Å². The SMILES string of the molecule is COc1ccc([C@@H]2SS[C@]34C[C@]56O[C@H]5C=C[C@@H](O)C6ON3C(=O)C2NC4=O)c(O)c1OC. The van der Waals surface area contributed by atoms with E-state index in [4.69, 9.17) is 19.0 Å². The molecular weight excluding hydrogens is 460 g/mol. The molecule has 5 fully saturated rings. The number of benzene rings is 1. The van der Waals surface area contributed by atoms with Crippen LogP contribution in [0.15, 0.2) is 24.3 Å². The lowest BCUT2D eigenvalue weighted by Crippen LogP contribution is -2.74. The molecule has 3 N–H and O–H groups in total. The summed E-state index contributed by atoms with van der Waals surface area (Å²) in [7, 11) is 5.38. The number of aliphatic hydroxyl groups is 1. The Morgan fingerprint density at radius 2 is 2.06 bits per heavy atom. The van der Waals surface area contributed by atoms with Crippen LogP contribution >= 0.6 is 21.6 Å². The van der Waals surface area contributed by atoms with Crippen molar-refractivity contribution in [1.82, 2.24) is 10.4 Å². The molecule has 5 saturated heterocycles. The Bertz CT molecular complexity index is 1070. The van der Waals surface area contributed by atoms with Crippen molar-refractivity contribution in [3.8, 4) is 17.2 Å². The molecule has 12 heteroatoms. The summed E-state index contributed by atoms with van der Waals surface area (Å²) < 4.78 is 16.4. The second-order valence-electron chi connectivity index (χ2n) is 8.28. The zero-order valence-electron chi connectivity index (χ0n) is 17.0. The van der Waals surface area contributed by atoms with E-state index < -0.39 is 39.9 Å². The third-order valence-electron chi connectivity index (χ3n) is 6.67. The van der Waals surface area contributed by atoms with Gasteiger partial charge in [-0.1, -0.05) is 39.8 Å². The van der Waals surface area contributed by atoms with E-state index >= 15 is 0 Å². The highest BCUT2D eigenvalue weighted by atomic mass is 33.1. The van der Waals surface area contributed by atoms with Crippen LogP contribution in [-0.2, 0) is 19.2 Å². The first-order chi connectivity index (χ1) is 15.4. The van der Waals surface area contributed by atoms with E-state index in [1.165, 1.54) is 35.8 Å². The van der Waals surface area contributed by atoms with Crippen LogP contribution in [0.4, 0.5) is 0 Å². The minimum Gasteiger partial charge on any atom is -0.504 e. The number of rotatable bonds is 3. The minimum absolute atomic E-state index is 0.147. The monoisotopic (exact) mass is 480 g/mol. The van der Waals surface area contributed by atoms with Gasteiger partial charge in [0, 0.05) is 12.0 Å². The molecule has 1 aliphatic carbocycles. The number of epoxide rings is 1. The van der Waals surface area contributed by atoms with Gasteiger partial charge in [-0.2, -0.15) is 5.06 Å². The molecule has 2 bridgehead atoms. The molecule has 10 nitrogen and oxygen atoms in total. The molecule has 1 aromatic carbocycles. The number of hydroxylamine groups is 2. The summed E-state index contributed by atoms with van der Waals surface area (Å²) in [6.45, 7) is 0. The molecule has 0 saturated carbocycles. The van der Waals surface area contributed by atoms with Crippen molar-refractivity contribution < 1.29 is 38.9 Å². The number of aliphatic hydroxyl groups excluding tert-OH is 1. The molecule has 5 heterocycles. The fraction of sp³-hybridized carbons (Fsp3) is 0.500. The number of carbonyl (C=O) groups is 2. The summed E-state index contributed by atoms with van der Waals surface area (Å²) in [5, 5.41) is 24.6. The summed E-state index contributed by atoms with van der Waals surface area (Å²) in [6.07, 6.45) is 1.54. The number of phenols is 1. The molecule has 6 aliphatic rings. The lowest BCUT2D eigenvalue weighted by atomic mass is 9.81. The first-order valence-corrected chi connectivity index (χ1v) is 12.2. The zero-order chi connectivity index (χ0) is 22.4. The molecule has 0 radical (unpaired) electrons. The number of phenolic OH excluding ortho intramolecular Hbond substituents is 1. The average molecular weight is 481 g/mol. The van der Waals surface area contributed by atoms with Gasteiger partial charge in [0.1, 0.15) is 30.0 Å². The van der Waals surface area contributed by atoms with Gasteiger partial charge in [-0.15, -0.1) is 0 Å². The van der Waals surface area contributed by atoms with Gasteiger partial charge in [-0.3, -0.25) is 14.4 Å². The van der Waals surface area contributed by atoms with Gasteiger partial charge < -0.3 is 29.7 Å². The summed E-state index contributed by atoms with van der Waals surface area (Å²) >= 11 is 0. The standard InChI is InChI=1S/C20H20N2O8S2/c1-27-10-5-3-8(13(24)14(10)28-2)15-12-17(25)22-20(32-31-15,18(26)21-12)7-19-11(29-19)6-4-9(23)16(19)30-22/h3-6,9,11-12,15-16,23-24H,7H2,1-2H3,(H,21,26)/t9-,11+,12?,15+,16?,19+,20+/m1/s1. The maximum atomic E-state index is 13.5. The van der Waals surface area contributed by atoms with Gasteiger partial charge in [-0.25, -0.2) is 0 Å². The Morgan fingerprint density at radius 3 is 2.81 bits per heavy atom. The van der Waals surface area contributed by atoms with E-state index in [0.29, 0.717) is 11.3 Å². The molecule has 2 spiro atoms. The predicted molar refractivity (Wildman–Crippen MR) is 113 cm³/mol. The second-order valence-corrected chi connectivity index (χ2v) is 10.9. The molecule has 7 atom stereocenters. The van der Waals surface area contributed by atoms with Crippen LogP contribution in [0.2, 0.25) is 0 Å². The summed E-state index contributed by atoms with van der Waals surface area (Å²) in [6, 6.07) is 2.31. The van der Waals surface area contributed by atoms with Gasteiger partial charge >= 0.3 is 0 Å². The zero-order valence-corrected chi connectivity index (χ0v) is 18.6. The van der Waals surface area contributed by atoms with E-state index in [1.807, 2.05) is 0 Å². The fourth-order valence-electron chi connectivity index (χ4n) is 5.00. The summed E-state index contributed by atoms with van der Waals surface area (Å²) in [5.41, 5.74) is -0.429. The van der Waals surface area contributed by atoms with Gasteiger partial charge in [0.2, 0.25) is 10.6 Å². The topological polar surface area (TPSA) is 130 Å². The van der Waals surface area contributed by atoms with E-state index in [0.717, 1.165) is 5.06 Å². The van der Waals surface area contributed by atoms with Crippen molar-refractivity contribution in [2.75, 3.05) is 14.2 Å². The number of nitrogens with one attached hydrogen (secondary N) is 1. The number of nitrogens with zero attached hydrogens (tertiary/aromatic N) is 1. The number of fused-ring (bicyclic) bond motifs is 3. The maximum absolute atomic E-state index is 13.5. The van der Waals surface area contributed by atoms with E-state index in [2.05, 4.69) is 5.32 Å². The average Bonchev–Trinajstić information content (AvgIpc) is 3.52. The van der Waals surface area contributed by atoms with E-state index in [1.54, 1.807) is 24.3 Å². The van der Waals surface area contributed by atoms with Crippen molar-refractivity contribution >= 4 is 33.4 Å². The maximum Gasteiger partial charge on any atom is 0.272 e. The number of carbonyl (C=O) groups excluding carboxylic acids is 2. The molecule has 7 rings (SSSR count). The van der Waals surface area contributed by atoms with Gasteiger partial charge in [-0.05, 0) is 6.07 Å². The predicted octanol–water partition coefficient (Wildman–Crippen LogP) is 0.641. The van der Waals surface area contributed by atoms with Crippen molar-refractivity contribution in [2.45, 2.75) is 46.5 Å². The second kappa shape index (κ2) is 6.70. The third-order valence-corrected chi connectivity index (χ3v) is 10.0. The van der Waals surface area contributed by atoms with Gasteiger partial charge in [0.25, 0.3) is 11.8 Å². The van der Waals surface area contributed by atoms with Gasteiger partial charge in [0.15, 0.2) is 11.5 Å². The first-order valence-electron chi connectivity index (χ1n) is 10.0. The van der Waals surface area contributed by atoms with Crippen molar-refractivity contribution in [3.63, 3.8) is 0 Å². The molecule has 2 unspecified atom stereocenters. The van der Waals surface area contributed by atoms with E-state index in [-0.39, 0.29) is 29.9 Å². The van der Waals surface area contributed by atoms with Crippen LogP contribution in [0, 0.1) is 0 Å². The summed E-state index contributed by atoms with van der Waals surface area (Å²) in [4.78, 5) is 31.5. The van der Waals surface area contributed by atoms with Crippen molar-refractivity contribution in [2.24, 2.45) is 0 Å². The highest BCUT2D eigenvalue weighted by molar-refractivity contribution is 8.77. The Hall–Kier alpha value is -2.12. The Morgan fingerprint density at radius 1 is 1.25 bits per heavy atom. The lowest BCUT2D eigenvalue weighted by Gasteiger charge is -2.51. The lowest BCUT2D eigenvalue weighted by molar-refractivity contribution is -0.281. The molecule has 32 heavy (non-hydrogen) atoms. The molecule has 0 aromatic heterocycles. The smallest absolute Gasteiger partial charge is 0.272 e. The highest BCUT2D eigenvalue weighted by Gasteiger charge is 2.76. The van der Waals surface area contributed by atoms with Crippen LogP contribution in [0.5, 0.6) is 17.2 Å². The van der Waals surface area contributed by atoms with Crippen LogP contribution < -0.4 is 14.8 Å². The molecule has 1 aromatic rings. The first kappa shape index (κ1) is 20.5. The fourth-order valence-corrected chi connectivity index (χ4v) is 8.51. The molecule has 170 valence electrons. The van der Waals surface area contributed by atoms with Crippen LogP contribution in [0.25, 0.3) is 0 Å². The minimum atomic E-state index is -1.35. The number of methoxy groups -OCH3 is 2. The normalized spacial score (nSPS) is 41.2. The number of aromatic hydroxyl groups is 1. The largest absolute Gasteiger partial charge is 0.504 e. The van der Waals surface area contributed by atoms with Gasteiger partial charge in [0.05, 0.1) is 19.5 Å². The Kier molecular flexibility index (Phi) is 4.29. The third kappa shape index (κ3) is 2.44. The van der Waals surface area contributed by atoms with Crippen LogP contribution in [-0.4, -0.2) is 76.1 Å². The molecule has 5 aliphatic heterocycles. The number of piperazine rings is 1. The number of ether oxygens (including phenoxy) is 3. The quantitative estimate of drug-likeness (QED) is 0.322. The van der Waals surface area contributed by atoms with Crippen LogP contribution in [0.3, 0.4) is 0 Å². The van der Waals surface area contributed by atoms with Crippen LogP contribution in [0.1, 0.15) is 17.2 Å². The molecular formula is C20H20N2O8S2. The molecule has 2 amide bonds. The van der Waals surface area contributed by atoms with E-state index in [9.17, 15) is 19.8 Å². The number of amides is 2. The Balaban J connectivity index is 1.41. The number of hydrogen-bond acceptors (Lipinski definition) is 10. The Labute approximate surface area is 190 Å².